The maximum atomic E-state index is 11.3. The number of carboxylic acid groups (broad SMARTS) is 1. The summed E-state index contributed by atoms with van der Waals surface area (Å²) in [5, 5.41) is 24.1. The molecule has 2 aromatic heterocycles. The fourth-order valence-electron chi connectivity index (χ4n) is 2.78. The molecule has 0 aliphatic heterocycles. The highest BCUT2D eigenvalue weighted by molar-refractivity contribution is 5.98. The third-order valence-electron chi connectivity index (χ3n) is 4.54. The predicted molar refractivity (Wildman–Crippen MR) is 111 cm³/mol. The number of hydrogen-bond donors (Lipinski definition) is 3. The van der Waals surface area contributed by atoms with Crippen LogP contribution in [0.5, 0.6) is 0 Å². The molecular weight excluding hydrogens is 386 g/mol. The Balaban J connectivity index is 1.67. The van der Waals surface area contributed by atoms with Gasteiger partial charge in [-0.3, -0.25) is 5.43 Å². The zero-order valence-corrected chi connectivity index (χ0v) is 16.1. The highest BCUT2D eigenvalue weighted by Crippen LogP contribution is 2.27. The van der Waals surface area contributed by atoms with Crippen molar-refractivity contribution in [3.05, 3.63) is 64.7 Å². The zero-order chi connectivity index (χ0) is 21.1. The summed E-state index contributed by atoms with van der Waals surface area (Å²) in [7, 11) is 0. The number of hydrazone groups is 1. The third-order valence-corrected chi connectivity index (χ3v) is 4.54. The third kappa shape index (κ3) is 3.78. The van der Waals surface area contributed by atoms with Crippen molar-refractivity contribution in [3.63, 3.8) is 0 Å². The Morgan fingerprint density at radius 3 is 2.53 bits per heavy atom. The molecule has 0 aliphatic rings. The van der Waals surface area contributed by atoms with Gasteiger partial charge in [-0.15, -0.1) is 0 Å². The van der Waals surface area contributed by atoms with Crippen molar-refractivity contribution in [1.29, 1.82) is 0 Å². The minimum atomic E-state index is -1.04. The van der Waals surface area contributed by atoms with E-state index in [2.05, 4.69) is 36.1 Å². The fraction of sp³-hybridized carbons (Fsp3) is 0.100. The Morgan fingerprint density at radius 2 is 1.77 bits per heavy atom. The van der Waals surface area contributed by atoms with Crippen LogP contribution in [0.4, 0.5) is 17.3 Å². The van der Waals surface area contributed by atoms with Crippen molar-refractivity contribution in [2.24, 2.45) is 5.10 Å². The van der Waals surface area contributed by atoms with E-state index in [1.807, 2.05) is 32.0 Å². The second-order valence-corrected chi connectivity index (χ2v) is 6.47. The smallest absolute Gasteiger partial charge is 0.336 e. The maximum absolute atomic E-state index is 11.3. The van der Waals surface area contributed by atoms with Crippen LogP contribution in [0.15, 0.2) is 52.2 Å². The predicted octanol–water partition coefficient (Wildman–Crippen LogP) is 3.52. The van der Waals surface area contributed by atoms with Crippen LogP contribution in [-0.4, -0.2) is 37.6 Å². The molecule has 0 atom stereocenters. The number of carboxylic acids is 1. The lowest BCUT2D eigenvalue weighted by atomic mass is 10.1. The van der Waals surface area contributed by atoms with Crippen molar-refractivity contribution in [1.82, 2.24) is 20.3 Å². The molecule has 150 valence electrons. The van der Waals surface area contributed by atoms with E-state index in [4.69, 9.17) is 4.63 Å². The molecule has 0 radical (unpaired) electrons. The lowest BCUT2D eigenvalue weighted by Crippen LogP contribution is -2.05. The highest BCUT2D eigenvalue weighted by atomic mass is 16.6. The Hall–Kier alpha value is -4.34. The molecule has 10 nitrogen and oxygen atoms in total. The number of nitrogens with zero attached hydrogens (tertiary/aromatic N) is 5. The number of anilines is 3. The summed E-state index contributed by atoms with van der Waals surface area (Å²) in [4.78, 5) is 20.1. The van der Waals surface area contributed by atoms with Crippen LogP contribution in [0.25, 0.3) is 11.3 Å². The van der Waals surface area contributed by atoms with Crippen LogP contribution < -0.4 is 10.7 Å². The van der Waals surface area contributed by atoms with Crippen LogP contribution in [-0.2, 0) is 0 Å². The lowest BCUT2D eigenvalue weighted by Gasteiger charge is -2.12. The number of aromatic nitrogens is 4. The largest absolute Gasteiger partial charge is 0.478 e. The first-order valence-electron chi connectivity index (χ1n) is 8.98. The van der Waals surface area contributed by atoms with Gasteiger partial charge in [-0.05, 0) is 47.4 Å². The van der Waals surface area contributed by atoms with Gasteiger partial charge < -0.3 is 10.4 Å². The highest BCUT2D eigenvalue weighted by Gasteiger charge is 2.14. The summed E-state index contributed by atoms with van der Waals surface area (Å²) in [6.07, 6.45) is 1.40. The molecule has 2 heterocycles. The molecule has 10 heteroatoms. The number of rotatable bonds is 6. The molecule has 30 heavy (non-hydrogen) atoms. The summed E-state index contributed by atoms with van der Waals surface area (Å²) in [6.45, 7) is 4.01. The molecule has 0 unspecified atom stereocenters. The molecule has 2 aromatic carbocycles. The zero-order valence-electron chi connectivity index (χ0n) is 16.1. The minimum absolute atomic E-state index is 0.138. The Morgan fingerprint density at radius 1 is 1.03 bits per heavy atom. The first kappa shape index (κ1) is 19.0. The van der Waals surface area contributed by atoms with E-state index in [9.17, 15) is 9.90 Å². The van der Waals surface area contributed by atoms with Crippen LogP contribution in [0.1, 0.15) is 27.0 Å². The summed E-state index contributed by atoms with van der Waals surface area (Å²) in [6, 6.07) is 12.4. The SMILES string of the molecule is Cc1cccc(Nc2nc3nonc3nc2N/N=C\c2ccccc2C(=O)O)c1C. The molecule has 0 saturated carbocycles. The lowest BCUT2D eigenvalue weighted by molar-refractivity contribution is 0.0696. The number of fused-ring (bicyclic) bond motifs is 1. The molecular formula is C20H17N7O3. The fourth-order valence-corrected chi connectivity index (χ4v) is 2.78. The number of hydrogen-bond acceptors (Lipinski definition) is 9. The first-order chi connectivity index (χ1) is 14.5. The van der Waals surface area contributed by atoms with Gasteiger partial charge in [0.05, 0.1) is 11.8 Å². The number of benzene rings is 2. The van der Waals surface area contributed by atoms with Gasteiger partial charge in [-0.2, -0.15) is 10.1 Å². The van der Waals surface area contributed by atoms with Crippen LogP contribution >= 0.6 is 0 Å². The van der Waals surface area contributed by atoms with Gasteiger partial charge in [0.25, 0.3) is 0 Å². The van der Waals surface area contributed by atoms with Crippen LogP contribution in [0, 0.1) is 13.8 Å². The van der Waals surface area contributed by atoms with Gasteiger partial charge in [0, 0.05) is 11.3 Å². The average Bonchev–Trinajstić information content (AvgIpc) is 3.19. The van der Waals surface area contributed by atoms with Gasteiger partial charge in [-0.25, -0.2) is 14.4 Å². The van der Waals surface area contributed by atoms with E-state index in [0.717, 1.165) is 16.8 Å². The normalized spacial score (nSPS) is 11.1. The molecule has 0 bridgehead atoms. The topological polar surface area (TPSA) is 138 Å². The van der Waals surface area contributed by atoms with Gasteiger partial charge in [-0.1, -0.05) is 30.3 Å². The standard InChI is InChI=1S/C20H17N7O3/c1-11-6-5-9-15(12(11)2)22-16-17(24-19-18(23-16)26-30-27-19)25-21-10-13-7-3-4-8-14(13)20(28)29/h3-10H,1-2H3,(H,28,29)(H,22,23,26)(H,24,25,27)/b21-10-. The van der Waals surface area contributed by atoms with Crippen molar-refractivity contribution >= 4 is 40.8 Å². The minimum Gasteiger partial charge on any atom is -0.478 e. The Kier molecular flexibility index (Phi) is 5.04. The van der Waals surface area contributed by atoms with Crippen LogP contribution in [0.3, 0.4) is 0 Å². The van der Waals surface area contributed by atoms with E-state index in [-0.39, 0.29) is 22.7 Å². The van der Waals surface area contributed by atoms with Crippen molar-refractivity contribution in [3.8, 4) is 0 Å². The van der Waals surface area contributed by atoms with Gasteiger partial charge in [0.1, 0.15) is 0 Å². The van der Waals surface area contributed by atoms with Gasteiger partial charge in [0.15, 0.2) is 11.6 Å². The van der Waals surface area contributed by atoms with E-state index in [1.54, 1.807) is 18.2 Å². The second kappa shape index (κ2) is 7.95. The number of nitrogens with one attached hydrogen (secondary N) is 2. The summed E-state index contributed by atoms with van der Waals surface area (Å²) < 4.78 is 4.70. The van der Waals surface area contributed by atoms with E-state index >= 15 is 0 Å². The monoisotopic (exact) mass is 403 g/mol. The van der Waals surface area contributed by atoms with Crippen molar-refractivity contribution in [2.45, 2.75) is 13.8 Å². The molecule has 0 saturated heterocycles. The molecule has 0 fully saturated rings. The summed E-state index contributed by atoms with van der Waals surface area (Å²) in [5.41, 5.74) is 6.86. The Bertz CT molecular complexity index is 1270. The second-order valence-electron chi connectivity index (χ2n) is 6.47. The quantitative estimate of drug-likeness (QED) is 0.326. The average molecular weight is 403 g/mol. The maximum Gasteiger partial charge on any atom is 0.336 e. The molecule has 0 amide bonds. The first-order valence-corrected chi connectivity index (χ1v) is 8.98. The summed E-state index contributed by atoms with van der Waals surface area (Å²) in [5.74, 6) is -0.386. The van der Waals surface area contributed by atoms with E-state index in [0.29, 0.717) is 11.4 Å². The molecule has 0 spiro atoms. The number of carbonyl (C=O) groups is 1. The molecule has 3 N–H and O–H groups in total. The van der Waals surface area contributed by atoms with Gasteiger partial charge in [0.2, 0.25) is 11.3 Å². The van der Waals surface area contributed by atoms with E-state index in [1.165, 1.54) is 12.3 Å². The van der Waals surface area contributed by atoms with Gasteiger partial charge >= 0.3 is 5.97 Å². The molecule has 4 rings (SSSR count). The molecule has 0 aliphatic carbocycles. The van der Waals surface area contributed by atoms with Crippen LogP contribution in [0.2, 0.25) is 0 Å². The summed E-state index contributed by atoms with van der Waals surface area (Å²) >= 11 is 0. The molecule has 4 aromatic rings. The Labute approximate surface area is 170 Å². The van der Waals surface area contributed by atoms with E-state index < -0.39 is 5.97 Å². The number of aromatic carboxylic acids is 1. The van der Waals surface area contributed by atoms with Crippen molar-refractivity contribution in [2.75, 3.05) is 10.7 Å². The van der Waals surface area contributed by atoms with Crippen molar-refractivity contribution < 1.29 is 14.5 Å². The number of aryl methyl sites for hydroxylation is 1.